The van der Waals surface area contributed by atoms with Crippen molar-refractivity contribution >= 4 is 5.69 Å². The summed E-state index contributed by atoms with van der Waals surface area (Å²) >= 11 is 0. The average Bonchev–Trinajstić information content (AvgIpc) is 2.62. The first-order chi connectivity index (χ1) is 11.7. The van der Waals surface area contributed by atoms with E-state index < -0.39 is 6.10 Å². The molecule has 0 saturated carbocycles. The predicted octanol–water partition coefficient (Wildman–Crippen LogP) is 2.72. The van der Waals surface area contributed by atoms with E-state index in [-0.39, 0.29) is 0 Å². The third-order valence-corrected chi connectivity index (χ3v) is 4.59. The summed E-state index contributed by atoms with van der Waals surface area (Å²) in [6.45, 7) is 6.59. The second kappa shape index (κ2) is 7.48. The van der Waals surface area contributed by atoms with E-state index in [4.69, 9.17) is 5.26 Å². The maximum atomic E-state index is 10.4. The first-order valence-electron chi connectivity index (χ1n) is 8.38. The van der Waals surface area contributed by atoms with Crippen molar-refractivity contribution in [3.8, 4) is 6.07 Å². The van der Waals surface area contributed by atoms with Crippen LogP contribution < -0.4 is 4.90 Å². The zero-order valence-electron chi connectivity index (χ0n) is 14.0. The number of aliphatic hydroxyl groups excluding tert-OH is 1. The lowest BCUT2D eigenvalue weighted by atomic mass is 10.1. The molecule has 4 heteroatoms. The predicted molar refractivity (Wildman–Crippen MR) is 95.9 cm³/mol. The minimum absolute atomic E-state index is 0.511. The van der Waals surface area contributed by atoms with Crippen LogP contribution in [-0.2, 0) is 0 Å². The van der Waals surface area contributed by atoms with E-state index in [2.05, 4.69) is 47.1 Å². The highest BCUT2D eigenvalue weighted by Gasteiger charge is 2.20. The topological polar surface area (TPSA) is 50.5 Å². The number of benzene rings is 2. The fraction of sp³-hybridized carbons (Fsp3) is 0.350. The molecule has 0 aliphatic carbocycles. The number of piperazine rings is 1. The standard InChI is InChI=1S/C20H23N3O/c1-16-3-2-4-19(13-16)23-11-9-22(10-12-23)15-20(24)18-7-5-17(14-21)6-8-18/h2-8,13,20,24H,9-12,15H2,1H3. The minimum Gasteiger partial charge on any atom is -0.387 e. The molecule has 1 fully saturated rings. The number of hydrogen-bond donors (Lipinski definition) is 1. The van der Waals surface area contributed by atoms with Crippen molar-refractivity contribution in [2.24, 2.45) is 0 Å². The summed E-state index contributed by atoms with van der Waals surface area (Å²) in [5.74, 6) is 0. The zero-order valence-corrected chi connectivity index (χ0v) is 14.0. The van der Waals surface area contributed by atoms with Crippen LogP contribution >= 0.6 is 0 Å². The van der Waals surface area contributed by atoms with Gasteiger partial charge in [0.05, 0.1) is 17.7 Å². The quantitative estimate of drug-likeness (QED) is 0.941. The summed E-state index contributed by atoms with van der Waals surface area (Å²) in [5, 5.41) is 19.3. The van der Waals surface area contributed by atoms with E-state index in [0.717, 1.165) is 31.7 Å². The van der Waals surface area contributed by atoms with Gasteiger partial charge in [0.1, 0.15) is 0 Å². The SMILES string of the molecule is Cc1cccc(N2CCN(CC(O)c3ccc(C#N)cc3)CC2)c1. The molecule has 3 rings (SSSR count). The molecule has 1 saturated heterocycles. The smallest absolute Gasteiger partial charge is 0.0991 e. The molecule has 2 aromatic rings. The Kier molecular flexibility index (Phi) is 5.14. The molecule has 1 unspecified atom stereocenters. The Bertz CT molecular complexity index is 712. The molecular weight excluding hydrogens is 298 g/mol. The van der Waals surface area contributed by atoms with Gasteiger partial charge >= 0.3 is 0 Å². The van der Waals surface area contributed by atoms with Crippen molar-refractivity contribution in [3.05, 3.63) is 65.2 Å². The molecule has 0 bridgehead atoms. The summed E-state index contributed by atoms with van der Waals surface area (Å²) < 4.78 is 0. The van der Waals surface area contributed by atoms with Gasteiger partial charge in [0.25, 0.3) is 0 Å². The number of β-amino-alcohol motifs (C(OH)–C–C–N with tert-alkyl or cyclic N) is 1. The molecule has 0 amide bonds. The molecule has 0 spiro atoms. The second-order valence-corrected chi connectivity index (χ2v) is 6.38. The largest absolute Gasteiger partial charge is 0.387 e. The van der Waals surface area contributed by atoms with Gasteiger partial charge in [0.2, 0.25) is 0 Å². The summed E-state index contributed by atoms with van der Waals surface area (Å²) in [5.41, 5.74) is 4.06. The van der Waals surface area contributed by atoms with Gasteiger partial charge in [-0.3, -0.25) is 4.90 Å². The first kappa shape index (κ1) is 16.5. The monoisotopic (exact) mass is 321 g/mol. The molecule has 4 nitrogen and oxygen atoms in total. The summed E-state index contributed by atoms with van der Waals surface area (Å²) in [6, 6.07) is 17.9. The molecule has 1 aliphatic rings. The number of nitriles is 1. The maximum Gasteiger partial charge on any atom is 0.0991 e. The summed E-state index contributed by atoms with van der Waals surface area (Å²) in [7, 11) is 0. The highest BCUT2D eigenvalue weighted by atomic mass is 16.3. The number of nitrogens with zero attached hydrogens (tertiary/aromatic N) is 3. The van der Waals surface area contributed by atoms with Crippen LogP contribution in [0.15, 0.2) is 48.5 Å². The highest BCUT2D eigenvalue weighted by Crippen LogP contribution is 2.20. The Morgan fingerprint density at radius 3 is 2.42 bits per heavy atom. The van der Waals surface area contributed by atoms with Gasteiger partial charge < -0.3 is 10.0 Å². The first-order valence-corrected chi connectivity index (χ1v) is 8.38. The lowest BCUT2D eigenvalue weighted by Crippen LogP contribution is -2.47. The van der Waals surface area contributed by atoms with Crippen LogP contribution in [0, 0.1) is 18.3 Å². The molecule has 1 N–H and O–H groups in total. The lowest BCUT2D eigenvalue weighted by Gasteiger charge is -2.37. The fourth-order valence-electron chi connectivity index (χ4n) is 3.14. The van der Waals surface area contributed by atoms with Gasteiger partial charge in [0, 0.05) is 38.4 Å². The molecule has 24 heavy (non-hydrogen) atoms. The Hall–Kier alpha value is -2.35. The number of anilines is 1. The van der Waals surface area contributed by atoms with E-state index in [1.54, 1.807) is 12.1 Å². The normalized spacial score (nSPS) is 16.6. The molecule has 2 aromatic carbocycles. The molecular formula is C20H23N3O. The van der Waals surface area contributed by atoms with E-state index in [1.807, 2.05) is 12.1 Å². The van der Waals surface area contributed by atoms with Crippen molar-refractivity contribution in [3.63, 3.8) is 0 Å². The van der Waals surface area contributed by atoms with Crippen LogP contribution in [0.2, 0.25) is 0 Å². The minimum atomic E-state index is -0.511. The van der Waals surface area contributed by atoms with Gasteiger partial charge in [-0.05, 0) is 42.3 Å². The molecule has 1 heterocycles. The van der Waals surface area contributed by atoms with Crippen molar-refractivity contribution < 1.29 is 5.11 Å². The fourth-order valence-corrected chi connectivity index (χ4v) is 3.14. The maximum absolute atomic E-state index is 10.4. The highest BCUT2D eigenvalue weighted by molar-refractivity contribution is 5.48. The van der Waals surface area contributed by atoms with Crippen molar-refractivity contribution in [1.82, 2.24) is 4.90 Å². The van der Waals surface area contributed by atoms with Crippen LogP contribution in [0.4, 0.5) is 5.69 Å². The number of rotatable bonds is 4. The number of aliphatic hydroxyl groups is 1. The Morgan fingerprint density at radius 2 is 1.79 bits per heavy atom. The van der Waals surface area contributed by atoms with Crippen LogP contribution in [0.3, 0.4) is 0 Å². The third-order valence-electron chi connectivity index (χ3n) is 4.59. The summed E-state index contributed by atoms with van der Waals surface area (Å²) in [4.78, 5) is 4.70. The van der Waals surface area contributed by atoms with Gasteiger partial charge in [-0.2, -0.15) is 5.26 Å². The van der Waals surface area contributed by atoms with E-state index in [1.165, 1.54) is 11.3 Å². The molecule has 0 radical (unpaired) electrons. The van der Waals surface area contributed by atoms with E-state index >= 15 is 0 Å². The van der Waals surface area contributed by atoms with Gasteiger partial charge in [-0.15, -0.1) is 0 Å². The third kappa shape index (κ3) is 3.94. The zero-order chi connectivity index (χ0) is 16.9. The van der Waals surface area contributed by atoms with Crippen LogP contribution in [0.25, 0.3) is 0 Å². The molecule has 0 aromatic heterocycles. The van der Waals surface area contributed by atoms with Gasteiger partial charge in [-0.1, -0.05) is 24.3 Å². The Balaban J connectivity index is 1.54. The van der Waals surface area contributed by atoms with Crippen LogP contribution in [-0.4, -0.2) is 42.7 Å². The van der Waals surface area contributed by atoms with Crippen molar-refractivity contribution in [2.75, 3.05) is 37.6 Å². The lowest BCUT2D eigenvalue weighted by molar-refractivity contribution is 0.109. The average molecular weight is 321 g/mol. The number of hydrogen-bond acceptors (Lipinski definition) is 4. The van der Waals surface area contributed by atoms with Crippen molar-refractivity contribution in [2.45, 2.75) is 13.0 Å². The Labute approximate surface area is 143 Å². The van der Waals surface area contributed by atoms with E-state index in [9.17, 15) is 5.11 Å². The van der Waals surface area contributed by atoms with Gasteiger partial charge in [-0.25, -0.2) is 0 Å². The second-order valence-electron chi connectivity index (χ2n) is 6.38. The van der Waals surface area contributed by atoms with E-state index in [0.29, 0.717) is 12.1 Å². The van der Waals surface area contributed by atoms with Crippen molar-refractivity contribution in [1.29, 1.82) is 5.26 Å². The molecule has 124 valence electrons. The Morgan fingerprint density at radius 1 is 1.08 bits per heavy atom. The molecule has 1 aliphatic heterocycles. The molecule has 1 atom stereocenters. The van der Waals surface area contributed by atoms with Crippen LogP contribution in [0.1, 0.15) is 22.8 Å². The number of aryl methyl sites for hydroxylation is 1. The van der Waals surface area contributed by atoms with Gasteiger partial charge in [0.15, 0.2) is 0 Å². The summed E-state index contributed by atoms with van der Waals surface area (Å²) in [6.07, 6.45) is -0.511. The van der Waals surface area contributed by atoms with Crippen LogP contribution in [0.5, 0.6) is 0 Å².